The Labute approximate surface area is 111 Å². The van der Waals surface area contributed by atoms with E-state index in [4.69, 9.17) is 0 Å². The lowest BCUT2D eigenvalue weighted by molar-refractivity contribution is -0.118. The van der Waals surface area contributed by atoms with E-state index in [0.29, 0.717) is 17.7 Å². The van der Waals surface area contributed by atoms with Crippen molar-refractivity contribution in [3.05, 3.63) is 40.9 Å². The van der Waals surface area contributed by atoms with Gasteiger partial charge in [0.15, 0.2) is 0 Å². The fourth-order valence-corrected chi connectivity index (χ4v) is 2.16. The van der Waals surface area contributed by atoms with Crippen LogP contribution in [-0.2, 0) is 10.4 Å². The third kappa shape index (κ3) is 2.29. The zero-order valence-electron chi connectivity index (χ0n) is 11.2. The Morgan fingerprint density at radius 1 is 1.47 bits per heavy atom. The smallest absolute Gasteiger partial charge is 0.227 e. The number of carbonyl (C=O) groups excluding carboxylic acids is 2. The van der Waals surface area contributed by atoms with Crippen molar-refractivity contribution >= 4 is 11.7 Å². The van der Waals surface area contributed by atoms with Crippen LogP contribution in [0.1, 0.15) is 42.0 Å². The molecule has 0 aromatic carbocycles. The van der Waals surface area contributed by atoms with Gasteiger partial charge in [-0.3, -0.25) is 9.59 Å². The molecule has 5 heteroatoms. The number of nitrogens with one attached hydrogen (secondary N) is 1. The summed E-state index contributed by atoms with van der Waals surface area (Å²) in [7, 11) is 0. The van der Waals surface area contributed by atoms with Crippen molar-refractivity contribution in [2.75, 3.05) is 0 Å². The number of hydrogen-bond acceptors (Lipinski definition) is 4. The van der Waals surface area contributed by atoms with Crippen molar-refractivity contribution in [3.8, 4) is 0 Å². The van der Waals surface area contributed by atoms with Crippen LogP contribution in [0, 0.1) is 6.92 Å². The zero-order valence-corrected chi connectivity index (χ0v) is 11.2. The summed E-state index contributed by atoms with van der Waals surface area (Å²) < 4.78 is 0. The first-order chi connectivity index (χ1) is 8.87. The molecule has 0 saturated heterocycles. The number of aromatic nitrogens is 1. The predicted octanol–water partition coefficient (Wildman–Crippen LogP) is 1.20. The third-order valence-corrected chi connectivity index (χ3v) is 3.19. The van der Waals surface area contributed by atoms with Gasteiger partial charge in [-0.15, -0.1) is 0 Å². The molecule has 1 unspecified atom stereocenters. The first-order valence-corrected chi connectivity index (χ1v) is 6.13. The Balaban J connectivity index is 2.60. The summed E-state index contributed by atoms with van der Waals surface area (Å²) >= 11 is 0. The molecule has 1 amide bonds. The van der Waals surface area contributed by atoms with Gasteiger partial charge >= 0.3 is 0 Å². The van der Waals surface area contributed by atoms with Gasteiger partial charge in [0.05, 0.1) is 5.70 Å². The molecule has 2 rings (SSSR count). The number of ketones is 1. The number of pyridine rings is 1. The quantitative estimate of drug-likeness (QED) is 0.837. The highest BCUT2D eigenvalue weighted by Crippen LogP contribution is 2.34. The summed E-state index contributed by atoms with van der Waals surface area (Å²) in [5, 5.41) is 13.1. The number of rotatable bonds is 2. The molecule has 1 heterocycles. The number of hydrogen-bond donors (Lipinski definition) is 2. The van der Waals surface area contributed by atoms with E-state index < -0.39 is 5.60 Å². The molecular weight excluding hydrogens is 244 g/mol. The lowest BCUT2D eigenvalue weighted by Gasteiger charge is -2.30. The van der Waals surface area contributed by atoms with Gasteiger partial charge in [-0.05, 0) is 25.5 Å². The molecule has 2 N–H and O–H groups in total. The Hall–Kier alpha value is -2.01. The average molecular weight is 260 g/mol. The summed E-state index contributed by atoms with van der Waals surface area (Å²) in [6.45, 7) is 4.90. The van der Waals surface area contributed by atoms with E-state index in [1.54, 1.807) is 26.0 Å². The van der Waals surface area contributed by atoms with Crippen LogP contribution in [0.2, 0.25) is 0 Å². The SMILES string of the molecule is CCC1(O)C=C(NC(C)=O)C(=O)c2nc(C)ccc21. The van der Waals surface area contributed by atoms with E-state index in [1.807, 2.05) is 0 Å². The molecule has 0 saturated carbocycles. The summed E-state index contributed by atoms with van der Waals surface area (Å²) in [5.74, 6) is -0.721. The number of aliphatic hydroxyl groups is 1. The molecule has 1 aromatic heterocycles. The maximum absolute atomic E-state index is 12.3. The predicted molar refractivity (Wildman–Crippen MR) is 69.4 cm³/mol. The molecule has 0 radical (unpaired) electrons. The van der Waals surface area contributed by atoms with Crippen LogP contribution in [-0.4, -0.2) is 21.8 Å². The number of carbonyl (C=O) groups is 2. The fraction of sp³-hybridized carbons (Fsp3) is 0.357. The maximum Gasteiger partial charge on any atom is 0.227 e. The molecule has 0 bridgehead atoms. The Morgan fingerprint density at radius 2 is 2.16 bits per heavy atom. The number of fused-ring (bicyclic) bond motifs is 1. The van der Waals surface area contributed by atoms with Gasteiger partial charge in [-0.1, -0.05) is 13.0 Å². The van der Waals surface area contributed by atoms with E-state index in [-0.39, 0.29) is 23.1 Å². The fourth-order valence-electron chi connectivity index (χ4n) is 2.16. The van der Waals surface area contributed by atoms with E-state index in [9.17, 15) is 14.7 Å². The van der Waals surface area contributed by atoms with Crippen LogP contribution < -0.4 is 5.32 Å². The van der Waals surface area contributed by atoms with Crippen LogP contribution >= 0.6 is 0 Å². The van der Waals surface area contributed by atoms with Gasteiger partial charge in [0.25, 0.3) is 0 Å². The molecular formula is C14H16N2O3. The number of Topliss-reactive ketones (excluding diaryl/α,β-unsaturated/α-hetero) is 1. The standard InChI is InChI=1S/C14H16N2O3/c1-4-14(19)7-11(16-9(3)17)13(18)12-10(14)6-5-8(2)15-12/h5-7,19H,4H2,1-3H3,(H,16,17). The highest BCUT2D eigenvalue weighted by Gasteiger charge is 2.37. The summed E-state index contributed by atoms with van der Waals surface area (Å²) in [4.78, 5) is 27.6. The van der Waals surface area contributed by atoms with E-state index in [0.717, 1.165) is 0 Å². The highest BCUT2D eigenvalue weighted by atomic mass is 16.3. The molecule has 1 aromatic rings. The Kier molecular flexibility index (Phi) is 3.24. The highest BCUT2D eigenvalue weighted by molar-refractivity contribution is 6.11. The minimum atomic E-state index is -1.28. The molecule has 1 aliphatic rings. The second-order valence-corrected chi connectivity index (χ2v) is 4.69. The molecule has 5 nitrogen and oxygen atoms in total. The average Bonchev–Trinajstić information content (AvgIpc) is 2.35. The number of aryl methyl sites for hydroxylation is 1. The van der Waals surface area contributed by atoms with Crippen LogP contribution in [0.5, 0.6) is 0 Å². The van der Waals surface area contributed by atoms with Gasteiger partial charge in [0.1, 0.15) is 11.3 Å². The van der Waals surface area contributed by atoms with Gasteiger partial charge in [-0.25, -0.2) is 4.98 Å². The monoisotopic (exact) mass is 260 g/mol. The van der Waals surface area contributed by atoms with Crippen LogP contribution in [0.4, 0.5) is 0 Å². The topological polar surface area (TPSA) is 79.3 Å². The first-order valence-electron chi connectivity index (χ1n) is 6.13. The Morgan fingerprint density at radius 3 is 2.74 bits per heavy atom. The van der Waals surface area contributed by atoms with Crippen molar-refractivity contribution in [1.29, 1.82) is 0 Å². The van der Waals surface area contributed by atoms with Crippen LogP contribution in [0.3, 0.4) is 0 Å². The molecule has 1 atom stereocenters. The molecule has 0 aliphatic heterocycles. The summed E-state index contributed by atoms with van der Waals surface area (Å²) in [6.07, 6.45) is 1.79. The van der Waals surface area contributed by atoms with Gasteiger partial charge in [0.2, 0.25) is 11.7 Å². The van der Waals surface area contributed by atoms with Crippen molar-refractivity contribution < 1.29 is 14.7 Å². The van der Waals surface area contributed by atoms with Crippen LogP contribution in [0.15, 0.2) is 23.9 Å². The van der Waals surface area contributed by atoms with Gasteiger partial charge < -0.3 is 10.4 Å². The minimum Gasteiger partial charge on any atom is -0.381 e. The summed E-state index contributed by atoms with van der Waals surface area (Å²) in [6, 6.07) is 3.46. The zero-order chi connectivity index (χ0) is 14.2. The Bertz CT molecular complexity index is 592. The minimum absolute atomic E-state index is 0.0856. The second-order valence-electron chi connectivity index (χ2n) is 4.69. The van der Waals surface area contributed by atoms with Crippen LogP contribution in [0.25, 0.3) is 0 Å². The molecule has 0 fully saturated rings. The second kappa shape index (κ2) is 4.59. The molecule has 100 valence electrons. The summed E-state index contributed by atoms with van der Waals surface area (Å²) in [5.41, 5.74) is 0.189. The largest absolute Gasteiger partial charge is 0.381 e. The first kappa shape index (κ1) is 13.4. The van der Waals surface area contributed by atoms with E-state index in [2.05, 4.69) is 10.3 Å². The van der Waals surface area contributed by atoms with Crippen molar-refractivity contribution in [1.82, 2.24) is 10.3 Å². The number of nitrogens with zero attached hydrogens (tertiary/aromatic N) is 1. The number of allylic oxidation sites excluding steroid dienone is 1. The van der Waals surface area contributed by atoms with Crippen molar-refractivity contribution in [2.24, 2.45) is 0 Å². The lowest BCUT2D eigenvalue weighted by atomic mass is 9.82. The van der Waals surface area contributed by atoms with Crippen molar-refractivity contribution in [3.63, 3.8) is 0 Å². The normalized spacial score (nSPS) is 21.7. The van der Waals surface area contributed by atoms with Crippen molar-refractivity contribution in [2.45, 2.75) is 32.8 Å². The lowest BCUT2D eigenvalue weighted by Crippen LogP contribution is -2.37. The number of amides is 1. The molecule has 0 spiro atoms. The molecule has 19 heavy (non-hydrogen) atoms. The van der Waals surface area contributed by atoms with E-state index in [1.165, 1.54) is 13.0 Å². The maximum atomic E-state index is 12.3. The molecule has 1 aliphatic carbocycles. The van der Waals surface area contributed by atoms with Gasteiger partial charge in [-0.2, -0.15) is 0 Å². The van der Waals surface area contributed by atoms with Gasteiger partial charge in [0, 0.05) is 18.2 Å². The third-order valence-electron chi connectivity index (χ3n) is 3.19. The van der Waals surface area contributed by atoms with E-state index >= 15 is 0 Å².